The Balaban J connectivity index is 1.70. The summed E-state index contributed by atoms with van der Waals surface area (Å²) in [5, 5.41) is 0. The molecule has 0 aliphatic heterocycles. The minimum atomic E-state index is 1.17. The van der Waals surface area contributed by atoms with Gasteiger partial charge in [0.2, 0.25) is 0 Å². The Labute approximate surface area is 186 Å². The molecular weight excluding hydrogens is 374 g/mol. The van der Waals surface area contributed by atoms with Gasteiger partial charge < -0.3 is 4.90 Å². The molecule has 1 nitrogen and oxygen atoms in total. The highest BCUT2D eigenvalue weighted by molar-refractivity contribution is 5.80. The van der Waals surface area contributed by atoms with E-state index in [0.717, 1.165) is 0 Å². The van der Waals surface area contributed by atoms with Gasteiger partial charge in [-0.3, -0.25) is 0 Å². The van der Waals surface area contributed by atoms with Crippen LogP contribution in [0.4, 0.5) is 17.1 Å². The van der Waals surface area contributed by atoms with Crippen LogP contribution in [0.5, 0.6) is 0 Å². The molecule has 0 aliphatic carbocycles. The van der Waals surface area contributed by atoms with Gasteiger partial charge in [0.1, 0.15) is 0 Å². The first-order chi connectivity index (χ1) is 15.0. The van der Waals surface area contributed by atoms with Gasteiger partial charge in [-0.1, -0.05) is 83.4 Å². The average Bonchev–Trinajstić information content (AvgIpc) is 2.77. The summed E-state index contributed by atoms with van der Waals surface area (Å²) in [6, 6.07) is 32.8. The van der Waals surface area contributed by atoms with Gasteiger partial charge in [0.15, 0.2) is 0 Å². The van der Waals surface area contributed by atoms with Crippen LogP contribution in [0.1, 0.15) is 33.4 Å². The molecule has 0 fully saturated rings. The quantitative estimate of drug-likeness (QED) is 0.302. The maximum atomic E-state index is 2.34. The summed E-state index contributed by atoms with van der Waals surface area (Å²) in [6.45, 7) is 8.55. The van der Waals surface area contributed by atoms with E-state index in [1.807, 2.05) is 0 Å². The van der Waals surface area contributed by atoms with Crippen LogP contribution in [0.2, 0.25) is 0 Å². The molecule has 0 aromatic heterocycles. The smallest absolute Gasteiger partial charge is 0.0491 e. The van der Waals surface area contributed by atoms with Crippen LogP contribution < -0.4 is 4.90 Å². The Morgan fingerprint density at radius 1 is 0.484 bits per heavy atom. The lowest BCUT2D eigenvalue weighted by Gasteiger charge is -2.27. The van der Waals surface area contributed by atoms with Gasteiger partial charge in [-0.15, -0.1) is 0 Å². The number of hydrogen-bond donors (Lipinski definition) is 0. The lowest BCUT2D eigenvalue weighted by molar-refractivity contribution is 1.24. The summed E-state index contributed by atoms with van der Waals surface area (Å²) in [5.41, 5.74) is 11.0. The fourth-order valence-electron chi connectivity index (χ4n) is 3.72. The Bertz CT molecular complexity index is 1140. The van der Waals surface area contributed by atoms with Crippen molar-refractivity contribution in [2.75, 3.05) is 4.90 Å². The van der Waals surface area contributed by atoms with Crippen molar-refractivity contribution in [2.24, 2.45) is 0 Å². The van der Waals surface area contributed by atoms with Crippen molar-refractivity contribution >= 4 is 29.2 Å². The third-order valence-electron chi connectivity index (χ3n) is 5.59. The van der Waals surface area contributed by atoms with Crippen LogP contribution in [-0.4, -0.2) is 0 Å². The molecule has 0 spiro atoms. The van der Waals surface area contributed by atoms with E-state index < -0.39 is 0 Å². The normalized spacial score (nSPS) is 11.1. The molecule has 0 amide bonds. The lowest BCUT2D eigenvalue weighted by atomic mass is 10.0. The predicted molar refractivity (Wildman–Crippen MR) is 135 cm³/mol. The molecule has 0 saturated heterocycles. The fraction of sp³-hybridized carbons (Fsp3) is 0.133. The van der Waals surface area contributed by atoms with Crippen molar-refractivity contribution in [1.29, 1.82) is 0 Å². The first-order valence-electron chi connectivity index (χ1n) is 10.8. The molecule has 4 aromatic carbocycles. The lowest BCUT2D eigenvalue weighted by Crippen LogP contribution is -2.11. The zero-order chi connectivity index (χ0) is 21.8. The van der Waals surface area contributed by atoms with Gasteiger partial charge in [-0.25, -0.2) is 0 Å². The average molecular weight is 404 g/mol. The Morgan fingerprint density at radius 2 is 0.903 bits per heavy atom. The monoisotopic (exact) mass is 403 g/mol. The summed E-state index contributed by atoms with van der Waals surface area (Å²) < 4.78 is 0. The van der Waals surface area contributed by atoms with E-state index in [0.29, 0.717) is 0 Å². The Kier molecular flexibility index (Phi) is 6.04. The molecule has 0 unspecified atom stereocenters. The fourth-order valence-corrected chi connectivity index (χ4v) is 3.72. The van der Waals surface area contributed by atoms with Crippen LogP contribution in [0.3, 0.4) is 0 Å². The molecule has 0 heterocycles. The van der Waals surface area contributed by atoms with E-state index in [2.05, 4.69) is 136 Å². The molecule has 0 radical (unpaired) electrons. The van der Waals surface area contributed by atoms with Crippen molar-refractivity contribution < 1.29 is 0 Å². The predicted octanol–water partition coefficient (Wildman–Crippen LogP) is 8.56. The maximum Gasteiger partial charge on any atom is 0.0491 e. The topological polar surface area (TPSA) is 3.24 Å². The second-order valence-corrected chi connectivity index (χ2v) is 8.30. The zero-order valence-corrected chi connectivity index (χ0v) is 18.8. The Hall–Kier alpha value is -3.58. The van der Waals surface area contributed by atoms with Gasteiger partial charge in [-0.05, 0) is 80.8 Å². The van der Waals surface area contributed by atoms with Crippen LogP contribution in [-0.2, 0) is 0 Å². The van der Waals surface area contributed by atoms with E-state index in [9.17, 15) is 0 Å². The first kappa shape index (κ1) is 20.7. The van der Waals surface area contributed by atoms with Gasteiger partial charge in [-0.2, -0.15) is 0 Å². The molecule has 0 atom stereocenters. The van der Waals surface area contributed by atoms with Crippen LogP contribution >= 0.6 is 0 Å². The molecule has 154 valence electrons. The van der Waals surface area contributed by atoms with Gasteiger partial charge in [0.25, 0.3) is 0 Å². The molecule has 0 N–H and O–H groups in total. The number of rotatable bonds is 5. The minimum Gasteiger partial charge on any atom is -0.310 e. The third kappa shape index (κ3) is 4.95. The highest BCUT2D eigenvalue weighted by Gasteiger charge is 2.14. The largest absolute Gasteiger partial charge is 0.310 e. The zero-order valence-electron chi connectivity index (χ0n) is 18.8. The van der Waals surface area contributed by atoms with Crippen molar-refractivity contribution in [3.8, 4) is 0 Å². The summed E-state index contributed by atoms with van der Waals surface area (Å²) >= 11 is 0. The first-order valence-corrected chi connectivity index (χ1v) is 10.8. The summed E-state index contributed by atoms with van der Waals surface area (Å²) in [5.74, 6) is 0. The molecule has 4 aromatic rings. The van der Waals surface area contributed by atoms with Crippen molar-refractivity contribution in [1.82, 2.24) is 0 Å². The molecule has 31 heavy (non-hydrogen) atoms. The molecule has 0 aliphatic rings. The molecule has 1 heteroatoms. The number of benzene rings is 4. The molecular formula is C30H29N. The van der Waals surface area contributed by atoms with E-state index in [-0.39, 0.29) is 0 Å². The van der Waals surface area contributed by atoms with Crippen molar-refractivity contribution in [3.05, 3.63) is 124 Å². The molecule has 0 saturated carbocycles. The summed E-state index contributed by atoms with van der Waals surface area (Å²) in [7, 11) is 0. The number of hydrogen-bond acceptors (Lipinski definition) is 1. The standard InChI is InChI=1S/C30H29N/c1-22-5-11-26(12-6-22)13-14-27-15-20-30(25(4)21-27)31(28-16-7-23(2)8-17-28)29-18-9-24(3)10-19-29/h5-21H,1-4H3/b14-13+. The number of aryl methyl sites for hydroxylation is 4. The molecule has 0 bridgehead atoms. The maximum absolute atomic E-state index is 2.34. The van der Waals surface area contributed by atoms with Crippen LogP contribution in [0, 0.1) is 27.7 Å². The van der Waals surface area contributed by atoms with E-state index >= 15 is 0 Å². The highest BCUT2D eigenvalue weighted by Crippen LogP contribution is 2.37. The minimum absolute atomic E-state index is 1.17. The van der Waals surface area contributed by atoms with Crippen LogP contribution in [0.25, 0.3) is 12.2 Å². The van der Waals surface area contributed by atoms with Gasteiger partial charge in [0.05, 0.1) is 0 Å². The number of anilines is 3. The third-order valence-corrected chi connectivity index (χ3v) is 5.59. The van der Waals surface area contributed by atoms with Gasteiger partial charge >= 0.3 is 0 Å². The van der Waals surface area contributed by atoms with Crippen molar-refractivity contribution in [2.45, 2.75) is 27.7 Å². The van der Waals surface area contributed by atoms with E-state index in [4.69, 9.17) is 0 Å². The summed E-state index contributed by atoms with van der Waals surface area (Å²) in [6.07, 6.45) is 4.36. The van der Waals surface area contributed by atoms with Crippen molar-refractivity contribution in [3.63, 3.8) is 0 Å². The molecule has 4 rings (SSSR count). The summed E-state index contributed by atoms with van der Waals surface area (Å²) in [4.78, 5) is 2.34. The second kappa shape index (κ2) is 9.06. The SMILES string of the molecule is Cc1ccc(/C=C/c2ccc(N(c3ccc(C)cc3)c3ccc(C)cc3)c(C)c2)cc1. The second-order valence-electron chi connectivity index (χ2n) is 8.30. The van der Waals surface area contributed by atoms with E-state index in [1.165, 1.54) is 50.4 Å². The van der Waals surface area contributed by atoms with Crippen LogP contribution in [0.15, 0.2) is 91.0 Å². The van der Waals surface area contributed by atoms with Gasteiger partial charge in [0, 0.05) is 17.1 Å². The Morgan fingerprint density at radius 3 is 1.39 bits per heavy atom. The number of nitrogens with zero attached hydrogens (tertiary/aromatic N) is 1. The highest BCUT2D eigenvalue weighted by atomic mass is 15.1. The van der Waals surface area contributed by atoms with E-state index in [1.54, 1.807) is 0 Å².